The zero-order valence-corrected chi connectivity index (χ0v) is 9.65. The summed E-state index contributed by atoms with van der Waals surface area (Å²) in [6.45, 7) is 1.72. The first kappa shape index (κ1) is 12.5. The van der Waals surface area contributed by atoms with Crippen LogP contribution < -0.4 is 21.0 Å². The van der Waals surface area contributed by atoms with E-state index in [1.807, 2.05) is 0 Å². The molecule has 0 saturated carbocycles. The molecule has 100 valence electrons. The number of nitro groups is 2. The van der Waals surface area contributed by atoms with Crippen molar-refractivity contribution in [2.45, 2.75) is 13.3 Å². The van der Waals surface area contributed by atoms with E-state index < -0.39 is 21.2 Å². The highest BCUT2D eigenvalue weighted by Gasteiger charge is 2.32. The first-order valence-electron chi connectivity index (χ1n) is 5.20. The highest BCUT2D eigenvalue weighted by molar-refractivity contribution is 5.66. The molecule has 19 heavy (non-hydrogen) atoms. The van der Waals surface area contributed by atoms with E-state index in [2.05, 4.69) is 10.4 Å². The highest BCUT2D eigenvalue weighted by Crippen LogP contribution is 2.24. The van der Waals surface area contributed by atoms with E-state index in [1.165, 1.54) is 6.08 Å². The molecule has 0 saturated heterocycles. The first-order chi connectivity index (χ1) is 8.97. The maximum Gasteiger partial charge on any atom is 0.315 e. The number of rotatable bonds is 3. The number of nitrogens with zero attached hydrogens (tertiary/aromatic N) is 3. The molecule has 1 N–H and O–H groups in total. The van der Waals surface area contributed by atoms with Gasteiger partial charge in [0.15, 0.2) is 0 Å². The Bertz CT molecular complexity index is 698. The van der Waals surface area contributed by atoms with Crippen molar-refractivity contribution >= 4 is 23.1 Å². The summed E-state index contributed by atoms with van der Waals surface area (Å²) in [7, 11) is 0. The lowest BCUT2D eigenvalue weighted by atomic mass is 10.1. The largest absolute Gasteiger partial charge is 0.315 e. The third-order valence-electron chi connectivity index (χ3n) is 2.51. The molecule has 0 spiro atoms. The molecule has 0 amide bonds. The van der Waals surface area contributed by atoms with Gasteiger partial charge >= 0.3 is 11.0 Å². The third-order valence-corrected chi connectivity index (χ3v) is 2.51. The third kappa shape index (κ3) is 1.88. The van der Waals surface area contributed by atoms with Crippen molar-refractivity contribution in [3.8, 4) is 0 Å². The lowest BCUT2D eigenvalue weighted by molar-refractivity contribution is -0.394. The van der Waals surface area contributed by atoms with Gasteiger partial charge in [0, 0.05) is 0 Å². The van der Waals surface area contributed by atoms with E-state index in [0.29, 0.717) is 6.42 Å². The normalized spacial score (nSPS) is 13.7. The number of hydrogen-bond acceptors (Lipinski definition) is 7. The van der Waals surface area contributed by atoms with E-state index in [4.69, 9.17) is 0 Å². The summed E-state index contributed by atoms with van der Waals surface area (Å²) in [5, 5.41) is 33.0. The molecule has 0 aromatic heterocycles. The minimum absolute atomic E-state index is 0.00639. The number of benzene rings is 1. The van der Waals surface area contributed by atoms with Crippen LogP contribution >= 0.6 is 0 Å². The van der Waals surface area contributed by atoms with Gasteiger partial charge in [-0.25, -0.2) is 5.48 Å². The van der Waals surface area contributed by atoms with E-state index in [9.17, 15) is 25.4 Å². The molecule has 1 heterocycles. The smallest absolute Gasteiger partial charge is 0.295 e. The fourth-order valence-electron chi connectivity index (χ4n) is 1.78. The van der Waals surface area contributed by atoms with Crippen LogP contribution in [0.5, 0.6) is 0 Å². The number of nitrogens with one attached hydrogen (secondary N) is 1. The topological polar surface area (TPSA) is 134 Å². The summed E-state index contributed by atoms with van der Waals surface area (Å²) >= 11 is 0. The summed E-state index contributed by atoms with van der Waals surface area (Å²) in [5.74, 6) is 0. The second kappa shape index (κ2) is 4.40. The van der Waals surface area contributed by atoms with Crippen molar-refractivity contribution in [2.75, 3.05) is 5.48 Å². The quantitative estimate of drug-likeness (QED) is 0.461. The maximum atomic E-state index is 11.5. The Labute approximate surface area is 105 Å². The lowest BCUT2D eigenvalue weighted by Gasteiger charge is -1.98. The van der Waals surface area contributed by atoms with Crippen molar-refractivity contribution in [3.63, 3.8) is 0 Å². The lowest BCUT2D eigenvalue weighted by Crippen LogP contribution is -2.35. The molecule has 0 fully saturated rings. The number of anilines is 1. The van der Waals surface area contributed by atoms with Crippen LogP contribution in [0.1, 0.15) is 13.3 Å². The van der Waals surface area contributed by atoms with Gasteiger partial charge in [0.05, 0.1) is 20.8 Å². The fourth-order valence-corrected chi connectivity index (χ4v) is 1.78. The molecule has 1 aliphatic heterocycles. The van der Waals surface area contributed by atoms with Gasteiger partial charge in [-0.1, -0.05) is 13.0 Å². The molecular formula is C9H8N4O6. The molecule has 0 bridgehead atoms. The minimum Gasteiger partial charge on any atom is -0.295 e. The molecule has 10 nitrogen and oxygen atoms in total. The van der Waals surface area contributed by atoms with Gasteiger partial charge in [-0.2, -0.15) is 0 Å². The molecule has 1 aliphatic rings. The molecule has 1 aromatic rings. The Kier molecular flexibility index (Phi) is 2.91. The van der Waals surface area contributed by atoms with Crippen molar-refractivity contribution in [1.82, 2.24) is 4.90 Å². The van der Waals surface area contributed by atoms with E-state index in [-0.39, 0.29) is 21.2 Å². The number of hydrogen-bond donors (Lipinski definition) is 1. The molecule has 0 radical (unpaired) electrons. The molecule has 2 rings (SSSR count). The van der Waals surface area contributed by atoms with Gasteiger partial charge in [0.25, 0.3) is 5.69 Å². The van der Waals surface area contributed by atoms with E-state index >= 15 is 0 Å². The number of non-ortho nitro benzene ring substituents is 1. The molecule has 0 aliphatic carbocycles. The molecule has 10 heteroatoms. The second-order valence-electron chi connectivity index (χ2n) is 3.63. The zero-order valence-electron chi connectivity index (χ0n) is 9.65. The summed E-state index contributed by atoms with van der Waals surface area (Å²) in [6, 6.07) is 0.801. The van der Waals surface area contributed by atoms with Crippen LogP contribution in [-0.2, 0) is 4.94 Å². The van der Waals surface area contributed by atoms with Crippen LogP contribution in [0, 0.1) is 25.4 Å². The van der Waals surface area contributed by atoms with Gasteiger partial charge in [0.1, 0.15) is 5.22 Å². The monoisotopic (exact) mass is 268 g/mol. The van der Waals surface area contributed by atoms with Crippen LogP contribution in [0.25, 0.3) is 6.08 Å². The average molecular weight is 268 g/mol. The van der Waals surface area contributed by atoms with E-state index in [1.54, 1.807) is 6.92 Å². The minimum atomic E-state index is -0.822. The molecule has 0 atom stereocenters. The highest BCUT2D eigenvalue weighted by atomic mass is 16.9. The van der Waals surface area contributed by atoms with Crippen LogP contribution in [-0.4, -0.2) is 9.85 Å². The van der Waals surface area contributed by atoms with Crippen LogP contribution in [0.4, 0.5) is 17.1 Å². The predicted octanol–water partition coefficient (Wildman–Crippen LogP) is -0.0455. The zero-order chi connectivity index (χ0) is 14.2. The van der Waals surface area contributed by atoms with Crippen LogP contribution in [0.15, 0.2) is 6.07 Å². The Balaban J connectivity index is 3.01. The summed E-state index contributed by atoms with van der Waals surface area (Å²) in [5.41, 5.74) is 0.801. The van der Waals surface area contributed by atoms with Crippen molar-refractivity contribution < 1.29 is 14.8 Å². The molecule has 1 aromatic carbocycles. The standard InChI is InChI=1S/C9H8N4O6/c1-2-3-5-6(11(14)15)4-7(12(16)17)8-9(5)13(18)19-10-8/h3-4,10H,2H2,1H3/b5-3-. The summed E-state index contributed by atoms with van der Waals surface area (Å²) in [6.07, 6.45) is 1.85. The second-order valence-corrected chi connectivity index (χ2v) is 3.63. The van der Waals surface area contributed by atoms with Gasteiger partial charge < -0.3 is 0 Å². The van der Waals surface area contributed by atoms with E-state index in [0.717, 1.165) is 6.07 Å². The van der Waals surface area contributed by atoms with Gasteiger partial charge in [-0.3, -0.25) is 30.4 Å². The van der Waals surface area contributed by atoms with Gasteiger partial charge in [-0.15, -0.1) is 0 Å². The van der Waals surface area contributed by atoms with Crippen LogP contribution in [0.2, 0.25) is 0 Å². The predicted molar refractivity (Wildman–Crippen MR) is 63.1 cm³/mol. The average Bonchev–Trinajstić information content (AvgIpc) is 2.71. The Morgan fingerprint density at radius 3 is 2.53 bits per heavy atom. The molecule has 0 unspecified atom stereocenters. The van der Waals surface area contributed by atoms with Crippen molar-refractivity contribution in [3.05, 3.63) is 42.1 Å². The fraction of sp³-hybridized carbons (Fsp3) is 0.222. The SMILES string of the molecule is CC/C=c1/c([N+](=O)[O-])cc([N+](=O)[O-])c2c1=[N+]([O-])ON2. The molecular weight excluding hydrogens is 260 g/mol. The van der Waals surface area contributed by atoms with Crippen molar-refractivity contribution in [1.29, 1.82) is 0 Å². The summed E-state index contributed by atoms with van der Waals surface area (Å²) in [4.78, 5) is 24.6. The first-order valence-corrected chi connectivity index (χ1v) is 5.20. The van der Waals surface area contributed by atoms with Gasteiger partial charge in [0.2, 0.25) is 5.69 Å². The van der Waals surface area contributed by atoms with Gasteiger partial charge in [-0.05, 0) is 6.42 Å². The Hall–Kier alpha value is -2.91. The maximum absolute atomic E-state index is 11.5. The summed E-state index contributed by atoms with van der Waals surface area (Å²) < 4.78 is 0. The van der Waals surface area contributed by atoms with Crippen LogP contribution in [0.3, 0.4) is 0 Å². The number of nitro benzene ring substituents is 2. The Morgan fingerprint density at radius 1 is 1.37 bits per heavy atom. The Morgan fingerprint density at radius 2 is 2.00 bits per heavy atom. The van der Waals surface area contributed by atoms with Crippen molar-refractivity contribution in [2.24, 2.45) is 0 Å². The number of fused-ring (bicyclic) bond motifs is 1.